The highest BCUT2D eigenvalue weighted by atomic mass is 19.1. The summed E-state index contributed by atoms with van der Waals surface area (Å²) in [6, 6.07) is 4.74. The van der Waals surface area contributed by atoms with Crippen LogP contribution in [-0.2, 0) is 6.61 Å². The van der Waals surface area contributed by atoms with E-state index in [0.29, 0.717) is 17.8 Å². The largest absolute Gasteiger partial charge is 0.392 e. The van der Waals surface area contributed by atoms with E-state index in [9.17, 15) is 4.39 Å². The number of aliphatic hydroxyl groups is 1. The molecule has 1 aromatic carbocycles. The van der Waals surface area contributed by atoms with Crippen molar-refractivity contribution in [2.24, 2.45) is 0 Å². The highest BCUT2D eigenvalue weighted by Gasteiger charge is 2.10. The van der Waals surface area contributed by atoms with E-state index < -0.39 is 0 Å². The maximum absolute atomic E-state index is 13.3. The molecule has 1 aromatic rings. The first-order valence-electron chi connectivity index (χ1n) is 4.30. The van der Waals surface area contributed by atoms with Gasteiger partial charge in [0.15, 0.2) is 0 Å². The summed E-state index contributed by atoms with van der Waals surface area (Å²) in [7, 11) is 1.80. The van der Waals surface area contributed by atoms with Crippen molar-refractivity contribution < 1.29 is 9.50 Å². The summed E-state index contributed by atoms with van der Waals surface area (Å²) < 4.78 is 13.3. The van der Waals surface area contributed by atoms with Gasteiger partial charge in [-0.3, -0.25) is 0 Å². The first-order valence-corrected chi connectivity index (χ1v) is 4.30. The Morgan fingerprint density at radius 3 is 2.69 bits per heavy atom. The third-order valence-corrected chi connectivity index (χ3v) is 2.10. The Morgan fingerprint density at radius 1 is 1.46 bits per heavy atom. The van der Waals surface area contributed by atoms with Crippen LogP contribution in [0.4, 0.5) is 10.1 Å². The van der Waals surface area contributed by atoms with Crippen molar-refractivity contribution >= 4 is 5.69 Å². The summed E-state index contributed by atoms with van der Waals surface area (Å²) in [5.74, 6) is -0.282. The molecular weight excluding hydrogens is 169 g/mol. The number of rotatable bonds is 3. The molecule has 0 saturated heterocycles. The molecule has 1 rings (SSSR count). The minimum Gasteiger partial charge on any atom is -0.392 e. The molecule has 1 N–H and O–H groups in total. The summed E-state index contributed by atoms with van der Waals surface area (Å²) in [5, 5.41) is 8.99. The Morgan fingerprint density at radius 2 is 2.15 bits per heavy atom. The molecule has 3 heteroatoms. The molecule has 0 bridgehead atoms. The lowest BCUT2D eigenvalue weighted by Crippen LogP contribution is -2.19. The van der Waals surface area contributed by atoms with Crippen LogP contribution in [0.5, 0.6) is 0 Å². The minimum absolute atomic E-state index is 0.128. The molecule has 0 aliphatic heterocycles. The summed E-state index contributed by atoms with van der Waals surface area (Å²) in [5.41, 5.74) is 1.12. The van der Waals surface area contributed by atoms with E-state index >= 15 is 0 Å². The standard InChI is InChI=1S/C10H14FNO/c1-3-12(2)10-8(7-13)5-4-6-9(10)11/h4-6,13H,3,7H2,1-2H3. The number of para-hydroxylation sites is 1. The van der Waals surface area contributed by atoms with Gasteiger partial charge in [-0.2, -0.15) is 0 Å². The number of hydrogen-bond acceptors (Lipinski definition) is 2. The zero-order chi connectivity index (χ0) is 9.84. The lowest BCUT2D eigenvalue weighted by atomic mass is 10.1. The number of halogens is 1. The molecule has 0 spiro atoms. The fourth-order valence-electron chi connectivity index (χ4n) is 1.27. The second-order valence-electron chi connectivity index (χ2n) is 2.92. The minimum atomic E-state index is -0.282. The van der Waals surface area contributed by atoms with Crippen molar-refractivity contribution in [2.45, 2.75) is 13.5 Å². The zero-order valence-electron chi connectivity index (χ0n) is 7.92. The van der Waals surface area contributed by atoms with Gasteiger partial charge in [-0.25, -0.2) is 4.39 Å². The number of nitrogens with zero attached hydrogens (tertiary/aromatic N) is 1. The van der Waals surface area contributed by atoms with Gasteiger partial charge in [0.1, 0.15) is 5.82 Å². The van der Waals surface area contributed by atoms with E-state index in [1.54, 1.807) is 24.1 Å². The highest BCUT2D eigenvalue weighted by molar-refractivity contribution is 5.53. The van der Waals surface area contributed by atoms with E-state index in [1.807, 2.05) is 6.92 Å². The van der Waals surface area contributed by atoms with Gasteiger partial charge in [0.25, 0.3) is 0 Å². The molecule has 0 atom stereocenters. The van der Waals surface area contributed by atoms with Gasteiger partial charge in [0, 0.05) is 19.2 Å². The second kappa shape index (κ2) is 4.23. The lowest BCUT2D eigenvalue weighted by molar-refractivity contribution is 0.281. The van der Waals surface area contributed by atoms with Gasteiger partial charge in [-0.1, -0.05) is 12.1 Å². The Kier molecular flexibility index (Phi) is 3.25. The van der Waals surface area contributed by atoms with Crippen molar-refractivity contribution in [1.29, 1.82) is 0 Å². The van der Waals surface area contributed by atoms with E-state index in [4.69, 9.17) is 5.11 Å². The topological polar surface area (TPSA) is 23.5 Å². The highest BCUT2D eigenvalue weighted by Crippen LogP contribution is 2.22. The average Bonchev–Trinajstić information content (AvgIpc) is 2.16. The van der Waals surface area contributed by atoms with Crippen LogP contribution < -0.4 is 4.90 Å². The van der Waals surface area contributed by atoms with Gasteiger partial charge < -0.3 is 10.0 Å². The molecule has 0 aromatic heterocycles. The number of benzene rings is 1. The van der Waals surface area contributed by atoms with Crippen LogP contribution in [0.3, 0.4) is 0 Å². The summed E-state index contributed by atoms with van der Waals surface area (Å²) in [6.07, 6.45) is 0. The molecule has 0 radical (unpaired) electrons. The van der Waals surface area contributed by atoms with Crippen LogP contribution in [0.15, 0.2) is 18.2 Å². The van der Waals surface area contributed by atoms with Crippen LogP contribution in [0.1, 0.15) is 12.5 Å². The molecule has 0 unspecified atom stereocenters. The molecule has 0 saturated carbocycles. The van der Waals surface area contributed by atoms with Crippen molar-refractivity contribution in [3.63, 3.8) is 0 Å². The number of anilines is 1. The van der Waals surface area contributed by atoms with Crippen molar-refractivity contribution in [3.05, 3.63) is 29.6 Å². The molecule has 72 valence electrons. The van der Waals surface area contributed by atoms with Gasteiger partial charge >= 0.3 is 0 Å². The third kappa shape index (κ3) is 1.98. The lowest BCUT2D eigenvalue weighted by Gasteiger charge is -2.20. The van der Waals surface area contributed by atoms with Gasteiger partial charge in [0.05, 0.1) is 12.3 Å². The van der Waals surface area contributed by atoms with Crippen molar-refractivity contribution in [2.75, 3.05) is 18.5 Å². The van der Waals surface area contributed by atoms with Gasteiger partial charge in [0.2, 0.25) is 0 Å². The summed E-state index contributed by atoms with van der Waals surface area (Å²) in [4.78, 5) is 1.78. The fraction of sp³-hybridized carbons (Fsp3) is 0.400. The molecule has 2 nitrogen and oxygen atoms in total. The fourth-order valence-corrected chi connectivity index (χ4v) is 1.27. The predicted octanol–water partition coefficient (Wildman–Crippen LogP) is 1.77. The number of hydrogen-bond donors (Lipinski definition) is 1. The van der Waals surface area contributed by atoms with E-state index in [0.717, 1.165) is 0 Å². The molecule has 0 aliphatic carbocycles. The SMILES string of the molecule is CCN(C)c1c(F)cccc1CO. The smallest absolute Gasteiger partial charge is 0.146 e. The third-order valence-electron chi connectivity index (χ3n) is 2.10. The molecule has 0 heterocycles. The van der Waals surface area contributed by atoms with Gasteiger partial charge in [-0.05, 0) is 13.0 Å². The first-order chi connectivity index (χ1) is 6.20. The van der Waals surface area contributed by atoms with Crippen molar-refractivity contribution in [1.82, 2.24) is 0 Å². The molecule has 0 aliphatic rings. The summed E-state index contributed by atoms with van der Waals surface area (Å²) >= 11 is 0. The molecule has 0 fully saturated rings. The zero-order valence-corrected chi connectivity index (χ0v) is 7.92. The summed E-state index contributed by atoms with van der Waals surface area (Å²) in [6.45, 7) is 2.53. The monoisotopic (exact) mass is 183 g/mol. The average molecular weight is 183 g/mol. The van der Waals surface area contributed by atoms with Crippen LogP contribution in [0.25, 0.3) is 0 Å². The number of aliphatic hydroxyl groups excluding tert-OH is 1. The van der Waals surface area contributed by atoms with Crippen LogP contribution in [-0.4, -0.2) is 18.7 Å². The quantitative estimate of drug-likeness (QED) is 0.772. The normalized spacial score (nSPS) is 10.2. The van der Waals surface area contributed by atoms with E-state index in [-0.39, 0.29) is 12.4 Å². The van der Waals surface area contributed by atoms with Crippen LogP contribution >= 0.6 is 0 Å². The Labute approximate surface area is 77.6 Å². The van der Waals surface area contributed by atoms with Crippen molar-refractivity contribution in [3.8, 4) is 0 Å². The second-order valence-corrected chi connectivity index (χ2v) is 2.92. The Bertz CT molecular complexity index is 288. The molecular formula is C10H14FNO. The Balaban J connectivity index is 3.14. The maximum Gasteiger partial charge on any atom is 0.146 e. The first kappa shape index (κ1) is 9.99. The predicted molar refractivity (Wildman–Crippen MR) is 51.3 cm³/mol. The van der Waals surface area contributed by atoms with Crippen LogP contribution in [0.2, 0.25) is 0 Å². The van der Waals surface area contributed by atoms with E-state index in [2.05, 4.69) is 0 Å². The molecule has 0 amide bonds. The van der Waals surface area contributed by atoms with Crippen LogP contribution in [0, 0.1) is 5.82 Å². The molecule has 13 heavy (non-hydrogen) atoms. The van der Waals surface area contributed by atoms with Gasteiger partial charge in [-0.15, -0.1) is 0 Å². The maximum atomic E-state index is 13.3. The Hall–Kier alpha value is -1.09. The van der Waals surface area contributed by atoms with E-state index in [1.165, 1.54) is 6.07 Å².